The number of rotatable bonds is 5. The molecule has 0 aliphatic heterocycles. The first kappa shape index (κ1) is 14.6. The van der Waals surface area contributed by atoms with Gasteiger partial charge in [0.1, 0.15) is 0 Å². The van der Waals surface area contributed by atoms with Crippen LogP contribution in [-0.4, -0.2) is 25.2 Å². The molecule has 1 aromatic carbocycles. The highest BCUT2D eigenvalue weighted by atomic mass is 79.9. The fourth-order valence-corrected chi connectivity index (χ4v) is 3.15. The van der Waals surface area contributed by atoms with Gasteiger partial charge in [-0.25, -0.2) is 0 Å². The predicted molar refractivity (Wildman–Crippen MR) is 71.0 cm³/mol. The molecular weight excluding hydrogens is 307 g/mol. The molecule has 1 atom stereocenters. The van der Waals surface area contributed by atoms with Crippen LogP contribution in [0, 0.1) is 0 Å². The number of hydrogen-bond acceptors (Lipinski definition) is 4. The molecule has 0 aliphatic rings. The highest BCUT2D eigenvalue weighted by molar-refractivity contribution is 9.12. The van der Waals surface area contributed by atoms with Gasteiger partial charge < -0.3 is 14.2 Å². The zero-order valence-electron chi connectivity index (χ0n) is 9.54. The molecule has 0 aliphatic carbocycles. The maximum absolute atomic E-state index is 11.9. The van der Waals surface area contributed by atoms with Crippen LogP contribution in [0.4, 0.5) is 0 Å². The zero-order valence-corrected chi connectivity index (χ0v) is 12.0. The SMILES string of the molecule is COP(=O)(OC)C(O)/C(Br)=C\c1ccccc1. The Bertz CT molecular complexity index is 424. The molecule has 0 bridgehead atoms. The van der Waals surface area contributed by atoms with E-state index < -0.39 is 13.4 Å². The Morgan fingerprint density at radius 2 is 1.88 bits per heavy atom. The molecule has 1 N–H and O–H groups in total. The van der Waals surface area contributed by atoms with Gasteiger partial charge in [0, 0.05) is 18.7 Å². The summed E-state index contributed by atoms with van der Waals surface area (Å²) < 4.78 is 21.7. The summed E-state index contributed by atoms with van der Waals surface area (Å²) in [5, 5.41) is 9.87. The van der Waals surface area contributed by atoms with Crippen LogP contribution in [0.3, 0.4) is 0 Å². The summed E-state index contributed by atoms with van der Waals surface area (Å²) in [6.07, 6.45) is 1.66. The van der Waals surface area contributed by atoms with Crippen LogP contribution in [0.5, 0.6) is 0 Å². The maximum Gasteiger partial charge on any atom is 0.363 e. The lowest BCUT2D eigenvalue weighted by atomic mass is 10.2. The van der Waals surface area contributed by atoms with Crippen LogP contribution in [0.1, 0.15) is 5.56 Å². The Labute approximate surface area is 109 Å². The second-order valence-electron chi connectivity index (χ2n) is 3.22. The summed E-state index contributed by atoms with van der Waals surface area (Å²) in [4.78, 5) is 0. The van der Waals surface area contributed by atoms with Crippen molar-refractivity contribution in [2.75, 3.05) is 14.2 Å². The van der Waals surface area contributed by atoms with Crippen LogP contribution in [0.15, 0.2) is 34.8 Å². The fraction of sp³-hybridized carbons (Fsp3) is 0.273. The van der Waals surface area contributed by atoms with Crippen molar-refractivity contribution >= 4 is 29.6 Å². The first-order valence-electron chi connectivity index (χ1n) is 4.85. The van der Waals surface area contributed by atoms with Crippen molar-refractivity contribution < 1.29 is 18.7 Å². The Morgan fingerprint density at radius 3 is 2.35 bits per heavy atom. The number of benzene rings is 1. The standard InChI is InChI=1S/C11H14BrO4P/c1-15-17(14,16-2)11(13)10(12)8-9-6-4-3-5-7-9/h3-8,11,13H,1-2H3/b10-8+. The van der Waals surface area contributed by atoms with Crippen LogP contribution >= 0.6 is 23.5 Å². The van der Waals surface area contributed by atoms with Crippen molar-refractivity contribution in [1.82, 2.24) is 0 Å². The van der Waals surface area contributed by atoms with Crippen LogP contribution in [0.25, 0.3) is 6.08 Å². The van der Waals surface area contributed by atoms with Crippen molar-refractivity contribution in [3.8, 4) is 0 Å². The van der Waals surface area contributed by atoms with E-state index in [1.165, 1.54) is 14.2 Å². The van der Waals surface area contributed by atoms with Gasteiger partial charge in [0.15, 0.2) is 5.85 Å². The molecule has 17 heavy (non-hydrogen) atoms. The average Bonchev–Trinajstić information content (AvgIpc) is 2.38. The minimum Gasteiger partial charge on any atom is -0.376 e. The topological polar surface area (TPSA) is 55.8 Å². The van der Waals surface area contributed by atoms with E-state index in [0.717, 1.165) is 5.56 Å². The molecule has 0 saturated carbocycles. The minimum absolute atomic E-state index is 0.343. The summed E-state index contributed by atoms with van der Waals surface area (Å²) in [6, 6.07) is 9.34. The second-order valence-corrected chi connectivity index (χ2v) is 6.43. The smallest absolute Gasteiger partial charge is 0.363 e. The third-order valence-corrected chi connectivity index (χ3v) is 5.07. The van der Waals surface area contributed by atoms with Crippen LogP contribution in [0.2, 0.25) is 0 Å². The van der Waals surface area contributed by atoms with Gasteiger partial charge in [0.05, 0.1) is 0 Å². The van der Waals surface area contributed by atoms with E-state index in [1.54, 1.807) is 6.08 Å². The summed E-state index contributed by atoms with van der Waals surface area (Å²) >= 11 is 3.18. The second kappa shape index (κ2) is 6.47. The number of halogens is 1. The summed E-state index contributed by atoms with van der Waals surface area (Å²) in [7, 11) is -1.06. The normalized spacial score (nSPS) is 14.7. The van der Waals surface area contributed by atoms with Crippen molar-refractivity contribution in [3.05, 3.63) is 40.4 Å². The van der Waals surface area contributed by atoms with E-state index in [-0.39, 0.29) is 0 Å². The van der Waals surface area contributed by atoms with Gasteiger partial charge in [-0.3, -0.25) is 4.57 Å². The lowest BCUT2D eigenvalue weighted by Gasteiger charge is -2.19. The summed E-state index contributed by atoms with van der Waals surface area (Å²) in [5.41, 5.74) is 0.872. The number of hydrogen-bond donors (Lipinski definition) is 1. The lowest BCUT2D eigenvalue weighted by Crippen LogP contribution is -2.10. The molecule has 4 nitrogen and oxygen atoms in total. The van der Waals surface area contributed by atoms with Crippen molar-refractivity contribution in [2.45, 2.75) is 5.85 Å². The van der Waals surface area contributed by atoms with Gasteiger partial charge >= 0.3 is 7.60 Å². The quantitative estimate of drug-likeness (QED) is 0.846. The maximum atomic E-state index is 11.9. The first-order chi connectivity index (χ1) is 8.03. The van der Waals surface area contributed by atoms with E-state index in [1.807, 2.05) is 30.3 Å². The van der Waals surface area contributed by atoms with E-state index in [4.69, 9.17) is 9.05 Å². The molecule has 0 heterocycles. The minimum atomic E-state index is -3.52. The Kier molecular flexibility index (Phi) is 5.56. The molecule has 94 valence electrons. The summed E-state index contributed by atoms with van der Waals surface area (Å²) in [5.74, 6) is -1.34. The Balaban J connectivity index is 2.94. The molecule has 0 saturated heterocycles. The van der Waals surface area contributed by atoms with E-state index in [2.05, 4.69) is 15.9 Å². The predicted octanol–water partition coefficient (Wildman–Crippen LogP) is 3.23. The highest BCUT2D eigenvalue weighted by Crippen LogP contribution is 2.54. The molecule has 1 aromatic rings. The molecule has 1 unspecified atom stereocenters. The molecule has 6 heteroatoms. The lowest BCUT2D eigenvalue weighted by molar-refractivity contribution is 0.199. The van der Waals surface area contributed by atoms with E-state index >= 15 is 0 Å². The monoisotopic (exact) mass is 320 g/mol. The fourth-order valence-electron chi connectivity index (χ4n) is 1.21. The highest BCUT2D eigenvalue weighted by Gasteiger charge is 2.34. The Morgan fingerprint density at radius 1 is 1.35 bits per heavy atom. The molecule has 0 radical (unpaired) electrons. The van der Waals surface area contributed by atoms with Gasteiger partial charge in [-0.05, 0) is 11.6 Å². The van der Waals surface area contributed by atoms with E-state index in [0.29, 0.717) is 4.48 Å². The Hall–Kier alpha value is -0.450. The molecule has 0 fully saturated rings. The van der Waals surface area contributed by atoms with Gasteiger partial charge in [-0.15, -0.1) is 0 Å². The van der Waals surface area contributed by atoms with Crippen molar-refractivity contribution in [1.29, 1.82) is 0 Å². The molecule has 0 amide bonds. The first-order valence-corrected chi connectivity index (χ1v) is 7.25. The number of aliphatic hydroxyl groups excluding tert-OH is 1. The largest absolute Gasteiger partial charge is 0.376 e. The van der Waals surface area contributed by atoms with Gasteiger partial charge in [0.25, 0.3) is 0 Å². The van der Waals surface area contributed by atoms with Gasteiger partial charge in [-0.1, -0.05) is 46.3 Å². The van der Waals surface area contributed by atoms with Crippen molar-refractivity contribution in [2.24, 2.45) is 0 Å². The van der Waals surface area contributed by atoms with Crippen LogP contribution < -0.4 is 0 Å². The summed E-state index contributed by atoms with van der Waals surface area (Å²) in [6.45, 7) is 0. The zero-order chi connectivity index (χ0) is 12.9. The third-order valence-electron chi connectivity index (χ3n) is 2.16. The third kappa shape index (κ3) is 3.76. The molecule has 1 rings (SSSR count). The van der Waals surface area contributed by atoms with Crippen molar-refractivity contribution in [3.63, 3.8) is 0 Å². The van der Waals surface area contributed by atoms with Crippen LogP contribution in [-0.2, 0) is 13.6 Å². The van der Waals surface area contributed by atoms with E-state index in [9.17, 15) is 9.67 Å². The number of aliphatic hydroxyl groups is 1. The average molecular weight is 321 g/mol. The molecule has 0 spiro atoms. The molecule has 0 aromatic heterocycles. The van der Waals surface area contributed by atoms with Gasteiger partial charge in [0.2, 0.25) is 0 Å². The molecular formula is C11H14BrO4P. The van der Waals surface area contributed by atoms with Gasteiger partial charge in [-0.2, -0.15) is 0 Å².